The molecule has 0 saturated carbocycles. The van der Waals surface area contributed by atoms with E-state index in [9.17, 15) is 4.79 Å². The summed E-state index contributed by atoms with van der Waals surface area (Å²) in [5.74, 6) is 0.667. The maximum absolute atomic E-state index is 12.9. The Balaban J connectivity index is 1.70. The molecule has 0 spiro atoms. The molecule has 2 aromatic rings. The summed E-state index contributed by atoms with van der Waals surface area (Å²) in [6.45, 7) is 4.97. The zero-order valence-electron chi connectivity index (χ0n) is 15.0. The standard InChI is InChI=1S/C19H22Cl2N4O/c1-12-3-4-14(9-15(12)20)25-19(26)18(21)16(10-22-25)24-8-6-13-5-7-23(2)11-17(13)24/h3-4,9-10,13,17H,5-8,11H2,1-2H3. The lowest BCUT2D eigenvalue weighted by Crippen LogP contribution is -2.47. The van der Waals surface area contributed by atoms with Gasteiger partial charge in [-0.25, -0.2) is 0 Å². The zero-order chi connectivity index (χ0) is 18.4. The highest BCUT2D eigenvalue weighted by molar-refractivity contribution is 6.33. The average Bonchev–Trinajstić information content (AvgIpc) is 3.03. The van der Waals surface area contributed by atoms with Gasteiger partial charge in [0, 0.05) is 24.2 Å². The van der Waals surface area contributed by atoms with Gasteiger partial charge in [-0.15, -0.1) is 0 Å². The lowest BCUT2D eigenvalue weighted by Gasteiger charge is -2.37. The van der Waals surface area contributed by atoms with Crippen molar-refractivity contribution in [2.45, 2.75) is 25.8 Å². The molecule has 1 aromatic carbocycles. The first kappa shape index (κ1) is 17.8. The normalized spacial score (nSPS) is 23.3. The van der Waals surface area contributed by atoms with Gasteiger partial charge in [0.25, 0.3) is 5.56 Å². The first-order valence-corrected chi connectivity index (χ1v) is 9.71. The van der Waals surface area contributed by atoms with Crippen LogP contribution in [0.1, 0.15) is 18.4 Å². The van der Waals surface area contributed by atoms with Crippen LogP contribution in [0.2, 0.25) is 10.0 Å². The quantitative estimate of drug-likeness (QED) is 0.785. The summed E-state index contributed by atoms with van der Waals surface area (Å²) in [7, 11) is 2.14. The average molecular weight is 393 g/mol. The monoisotopic (exact) mass is 392 g/mol. The summed E-state index contributed by atoms with van der Waals surface area (Å²) in [5.41, 5.74) is 2.01. The highest BCUT2D eigenvalue weighted by atomic mass is 35.5. The van der Waals surface area contributed by atoms with E-state index in [1.54, 1.807) is 12.3 Å². The van der Waals surface area contributed by atoms with Crippen LogP contribution in [0.3, 0.4) is 0 Å². The third-order valence-electron chi connectivity index (χ3n) is 5.68. The van der Waals surface area contributed by atoms with Gasteiger partial charge in [0.2, 0.25) is 0 Å². The van der Waals surface area contributed by atoms with Crippen LogP contribution in [0, 0.1) is 12.8 Å². The molecule has 0 N–H and O–H groups in total. The molecule has 2 aliphatic rings. The predicted molar refractivity (Wildman–Crippen MR) is 106 cm³/mol. The Morgan fingerprint density at radius 3 is 2.73 bits per heavy atom. The van der Waals surface area contributed by atoms with Gasteiger partial charge in [0.15, 0.2) is 0 Å². The van der Waals surface area contributed by atoms with Crippen molar-refractivity contribution in [2.75, 3.05) is 31.6 Å². The first-order chi connectivity index (χ1) is 12.5. The van der Waals surface area contributed by atoms with Crippen LogP contribution in [0.4, 0.5) is 5.69 Å². The SMILES string of the molecule is Cc1ccc(-n2ncc(N3CCC4CCN(C)CC43)c(Cl)c2=O)cc1Cl. The molecule has 4 rings (SSSR count). The van der Waals surface area contributed by atoms with E-state index in [-0.39, 0.29) is 10.6 Å². The Morgan fingerprint density at radius 2 is 1.96 bits per heavy atom. The van der Waals surface area contributed by atoms with Crippen LogP contribution >= 0.6 is 23.2 Å². The van der Waals surface area contributed by atoms with E-state index >= 15 is 0 Å². The summed E-state index contributed by atoms with van der Waals surface area (Å²) in [6.07, 6.45) is 4.06. The highest BCUT2D eigenvalue weighted by Crippen LogP contribution is 2.36. The van der Waals surface area contributed by atoms with Crippen molar-refractivity contribution in [3.63, 3.8) is 0 Å². The van der Waals surface area contributed by atoms with E-state index in [2.05, 4.69) is 21.9 Å². The molecule has 2 saturated heterocycles. The third kappa shape index (κ3) is 3.02. The van der Waals surface area contributed by atoms with Crippen LogP contribution in [0.15, 0.2) is 29.2 Å². The largest absolute Gasteiger partial charge is 0.364 e. The molecule has 0 amide bonds. The maximum atomic E-state index is 12.9. The van der Waals surface area contributed by atoms with Crippen molar-refractivity contribution in [3.05, 3.63) is 50.4 Å². The van der Waals surface area contributed by atoms with Gasteiger partial charge in [-0.3, -0.25) is 4.79 Å². The molecule has 26 heavy (non-hydrogen) atoms. The smallest absolute Gasteiger partial charge is 0.292 e. The summed E-state index contributed by atoms with van der Waals surface area (Å²) in [5, 5.41) is 5.22. The molecule has 2 fully saturated rings. The first-order valence-electron chi connectivity index (χ1n) is 8.95. The fraction of sp³-hybridized carbons (Fsp3) is 0.474. The Hall–Kier alpha value is -1.56. The minimum Gasteiger partial charge on any atom is -0.364 e. The van der Waals surface area contributed by atoms with Crippen LogP contribution in [-0.2, 0) is 0 Å². The fourth-order valence-corrected chi connectivity index (χ4v) is 4.53. The Morgan fingerprint density at radius 1 is 1.19 bits per heavy atom. The molecule has 0 aliphatic carbocycles. The number of fused-ring (bicyclic) bond motifs is 1. The molecule has 5 nitrogen and oxygen atoms in total. The number of piperidine rings is 1. The minimum atomic E-state index is -0.309. The Kier molecular flexibility index (Phi) is 4.71. The van der Waals surface area contributed by atoms with E-state index < -0.39 is 0 Å². The van der Waals surface area contributed by atoms with Gasteiger partial charge in [-0.2, -0.15) is 9.78 Å². The van der Waals surface area contributed by atoms with E-state index in [0.717, 1.165) is 37.3 Å². The van der Waals surface area contributed by atoms with E-state index in [4.69, 9.17) is 23.2 Å². The van der Waals surface area contributed by atoms with Crippen LogP contribution in [-0.4, -0.2) is 47.4 Å². The minimum absolute atomic E-state index is 0.227. The second-order valence-electron chi connectivity index (χ2n) is 7.35. The molecule has 3 heterocycles. The maximum Gasteiger partial charge on any atom is 0.292 e. The molecule has 2 aliphatic heterocycles. The fourth-order valence-electron chi connectivity index (χ4n) is 4.12. The molecule has 2 atom stereocenters. The van der Waals surface area contributed by atoms with Crippen molar-refractivity contribution in [1.82, 2.24) is 14.7 Å². The van der Waals surface area contributed by atoms with Crippen molar-refractivity contribution >= 4 is 28.9 Å². The van der Waals surface area contributed by atoms with E-state index in [1.807, 2.05) is 19.1 Å². The number of aryl methyl sites for hydroxylation is 1. The number of halogens is 2. The van der Waals surface area contributed by atoms with Crippen molar-refractivity contribution in [2.24, 2.45) is 5.92 Å². The zero-order valence-corrected chi connectivity index (χ0v) is 16.5. The highest BCUT2D eigenvalue weighted by Gasteiger charge is 2.38. The van der Waals surface area contributed by atoms with E-state index in [1.165, 1.54) is 11.1 Å². The second-order valence-corrected chi connectivity index (χ2v) is 8.14. The lowest BCUT2D eigenvalue weighted by atomic mass is 9.92. The van der Waals surface area contributed by atoms with Gasteiger partial charge < -0.3 is 9.80 Å². The van der Waals surface area contributed by atoms with Gasteiger partial charge in [0.05, 0.1) is 17.6 Å². The number of nitrogens with zero attached hydrogens (tertiary/aromatic N) is 4. The number of likely N-dealkylation sites (N-methyl/N-ethyl adjacent to an activating group) is 1. The van der Waals surface area contributed by atoms with Crippen molar-refractivity contribution in [1.29, 1.82) is 0 Å². The molecule has 0 radical (unpaired) electrons. The topological polar surface area (TPSA) is 41.4 Å². The number of aromatic nitrogens is 2. The molecular weight excluding hydrogens is 371 g/mol. The van der Waals surface area contributed by atoms with E-state index in [0.29, 0.717) is 22.7 Å². The number of anilines is 1. The predicted octanol–water partition coefficient (Wildman–Crippen LogP) is 3.38. The van der Waals surface area contributed by atoms with Gasteiger partial charge >= 0.3 is 0 Å². The summed E-state index contributed by atoms with van der Waals surface area (Å²) >= 11 is 12.7. The molecule has 1 aromatic heterocycles. The second kappa shape index (κ2) is 6.87. The number of hydrogen-bond donors (Lipinski definition) is 0. The third-order valence-corrected chi connectivity index (χ3v) is 6.44. The van der Waals surface area contributed by atoms with Crippen molar-refractivity contribution < 1.29 is 0 Å². The summed E-state index contributed by atoms with van der Waals surface area (Å²) < 4.78 is 1.32. The molecular formula is C19H22Cl2N4O. The lowest BCUT2D eigenvalue weighted by molar-refractivity contribution is 0.208. The number of benzene rings is 1. The van der Waals surface area contributed by atoms with Crippen molar-refractivity contribution in [3.8, 4) is 5.69 Å². The molecule has 138 valence electrons. The van der Waals surface area contributed by atoms with Crippen LogP contribution in [0.5, 0.6) is 0 Å². The van der Waals surface area contributed by atoms with Crippen LogP contribution < -0.4 is 10.5 Å². The number of rotatable bonds is 2. The van der Waals surface area contributed by atoms with Gasteiger partial charge in [-0.05, 0) is 57.0 Å². The van der Waals surface area contributed by atoms with Gasteiger partial charge in [0.1, 0.15) is 5.02 Å². The Bertz CT molecular complexity index is 898. The molecule has 2 unspecified atom stereocenters. The molecule has 0 bridgehead atoms. The number of hydrogen-bond acceptors (Lipinski definition) is 4. The van der Waals surface area contributed by atoms with Gasteiger partial charge in [-0.1, -0.05) is 29.3 Å². The number of likely N-dealkylation sites (tertiary alicyclic amines) is 1. The molecule has 7 heteroatoms. The Labute approximate surface area is 163 Å². The van der Waals surface area contributed by atoms with Crippen LogP contribution in [0.25, 0.3) is 5.69 Å². The summed E-state index contributed by atoms with van der Waals surface area (Å²) in [4.78, 5) is 17.5. The summed E-state index contributed by atoms with van der Waals surface area (Å²) in [6, 6.07) is 5.84.